The molecule has 1 aliphatic rings. The standard InChI is InChI=1S/C13H26N2O3/c1-3-17-13(18-4-2)8-10-14-9-7-12(16)15-11-5-6-11/h11,13-14H,3-10H2,1-2H3,(H,15,16). The van der Waals surface area contributed by atoms with E-state index in [1.54, 1.807) is 0 Å². The SMILES string of the molecule is CCOC(CCNCCC(=O)NC1CC1)OCC. The Morgan fingerprint density at radius 1 is 1.22 bits per heavy atom. The molecule has 0 aromatic rings. The van der Waals surface area contributed by atoms with Crippen molar-refractivity contribution < 1.29 is 14.3 Å². The third kappa shape index (κ3) is 7.63. The van der Waals surface area contributed by atoms with Crippen molar-refractivity contribution in [3.05, 3.63) is 0 Å². The lowest BCUT2D eigenvalue weighted by Gasteiger charge is -2.16. The molecule has 1 rings (SSSR count). The topological polar surface area (TPSA) is 59.6 Å². The number of carbonyl (C=O) groups excluding carboxylic acids is 1. The number of nitrogens with one attached hydrogen (secondary N) is 2. The van der Waals surface area contributed by atoms with Gasteiger partial charge in [0.25, 0.3) is 0 Å². The number of hydrogen-bond donors (Lipinski definition) is 2. The van der Waals surface area contributed by atoms with Crippen molar-refractivity contribution in [2.75, 3.05) is 26.3 Å². The molecule has 1 saturated carbocycles. The van der Waals surface area contributed by atoms with Crippen molar-refractivity contribution in [2.24, 2.45) is 0 Å². The number of hydrogen-bond acceptors (Lipinski definition) is 4. The molecule has 0 heterocycles. The zero-order chi connectivity index (χ0) is 13.2. The summed E-state index contributed by atoms with van der Waals surface area (Å²) in [5.74, 6) is 0.149. The fourth-order valence-corrected chi connectivity index (χ4v) is 1.66. The van der Waals surface area contributed by atoms with Crippen LogP contribution in [0.5, 0.6) is 0 Å². The van der Waals surface area contributed by atoms with Crippen LogP contribution in [0, 0.1) is 0 Å². The monoisotopic (exact) mass is 258 g/mol. The van der Waals surface area contributed by atoms with Gasteiger partial charge < -0.3 is 20.1 Å². The summed E-state index contributed by atoms with van der Waals surface area (Å²) in [6.07, 6.45) is 3.51. The summed E-state index contributed by atoms with van der Waals surface area (Å²) in [6.45, 7) is 6.76. The van der Waals surface area contributed by atoms with Gasteiger partial charge >= 0.3 is 0 Å². The molecule has 0 atom stereocenters. The van der Waals surface area contributed by atoms with Crippen molar-refractivity contribution in [2.45, 2.75) is 51.9 Å². The van der Waals surface area contributed by atoms with Crippen molar-refractivity contribution >= 4 is 5.91 Å². The number of rotatable bonds is 11. The first-order valence-electron chi connectivity index (χ1n) is 6.99. The lowest BCUT2D eigenvalue weighted by Crippen LogP contribution is -2.30. The fraction of sp³-hybridized carbons (Fsp3) is 0.923. The Labute approximate surface area is 110 Å². The molecule has 0 aliphatic heterocycles. The van der Waals surface area contributed by atoms with Crippen molar-refractivity contribution in [3.63, 3.8) is 0 Å². The molecular weight excluding hydrogens is 232 g/mol. The summed E-state index contributed by atoms with van der Waals surface area (Å²) in [5, 5.41) is 6.20. The first-order valence-corrected chi connectivity index (χ1v) is 6.99. The summed E-state index contributed by atoms with van der Waals surface area (Å²) in [7, 11) is 0. The molecule has 1 aliphatic carbocycles. The van der Waals surface area contributed by atoms with Crippen LogP contribution in [0.3, 0.4) is 0 Å². The highest BCUT2D eigenvalue weighted by atomic mass is 16.7. The second kappa shape index (κ2) is 9.30. The molecule has 106 valence electrons. The van der Waals surface area contributed by atoms with E-state index in [9.17, 15) is 4.79 Å². The van der Waals surface area contributed by atoms with Crippen molar-refractivity contribution in [3.8, 4) is 0 Å². The second-order valence-corrected chi connectivity index (χ2v) is 4.47. The van der Waals surface area contributed by atoms with Crippen LogP contribution in [-0.2, 0) is 14.3 Å². The average molecular weight is 258 g/mol. The van der Waals surface area contributed by atoms with E-state index in [-0.39, 0.29) is 12.2 Å². The van der Waals surface area contributed by atoms with E-state index in [1.165, 1.54) is 0 Å². The second-order valence-electron chi connectivity index (χ2n) is 4.47. The fourth-order valence-electron chi connectivity index (χ4n) is 1.66. The molecule has 5 nitrogen and oxygen atoms in total. The van der Waals surface area contributed by atoms with E-state index in [1.807, 2.05) is 13.8 Å². The van der Waals surface area contributed by atoms with E-state index < -0.39 is 0 Å². The van der Waals surface area contributed by atoms with Crippen LogP contribution in [0.2, 0.25) is 0 Å². The minimum absolute atomic E-state index is 0.132. The molecule has 0 bridgehead atoms. The van der Waals surface area contributed by atoms with Gasteiger partial charge in [-0.25, -0.2) is 0 Å². The first-order chi connectivity index (χ1) is 8.76. The van der Waals surface area contributed by atoms with Crippen LogP contribution in [-0.4, -0.2) is 44.5 Å². The van der Waals surface area contributed by atoms with Crippen LogP contribution in [0.25, 0.3) is 0 Å². The Hall–Kier alpha value is -0.650. The average Bonchev–Trinajstić information content (AvgIpc) is 3.13. The van der Waals surface area contributed by atoms with Gasteiger partial charge in [-0.05, 0) is 33.2 Å². The first kappa shape index (κ1) is 15.4. The molecule has 2 N–H and O–H groups in total. The minimum atomic E-state index is -0.132. The maximum Gasteiger partial charge on any atom is 0.221 e. The van der Waals surface area contributed by atoms with Gasteiger partial charge in [-0.1, -0.05) is 0 Å². The zero-order valence-electron chi connectivity index (χ0n) is 11.5. The van der Waals surface area contributed by atoms with Crippen LogP contribution in [0.4, 0.5) is 0 Å². The Morgan fingerprint density at radius 2 is 1.89 bits per heavy atom. The molecule has 0 unspecified atom stereocenters. The molecule has 0 aromatic carbocycles. The largest absolute Gasteiger partial charge is 0.353 e. The molecular formula is C13H26N2O3. The van der Waals surface area contributed by atoms with Gasteiger partial charge in [0, 0.05) is 38.6 Å². The Bertz CT molecular complexity index is 226. The van der Waals surface area contributed by atoms with Crippen LogP contribution in [0.15, 0.2) is 0 Å². The van der Waals surface area contributed by atoms with E-state index in [0.717, 1.165) is 25.8 Å². The lowest BCUT2D eigenvalue weighted by atomic mass is 10.3. The molecule has 1 amide bonds. The van der Waals surface area contributed by atoms with Crippen LogP contribution in [0.1, 0.15) is 39.5 Å². The van der Waals surface area contributed by atoms with E-state index in [0.29, 0.717) is 32.2 Å². The number of amides is 1. The normalized spacial score (nSPS) is 15.1. The highest BCUT2D eigenvalue weighted by molar-refractivity contribution is 5.76. The highest BCUT2D eigenvalue weighted by Gasteiger charge is 2.22. The third-order valence-corrected chi connectivity index (χ3v) is 2.73. The zero-order valence-corrected chi connectivity index (χ0v) is 11.5. The molecule has 0 aromatic heterocycles. The molecule has 0 saturated heterocycles. The van der Waals surface area contributed by atoms with Crippen molar-refractivity contribution in [1.82, 2.24) is 10.6 Å². The molecule has 1 fully saturated rings. The van der Waals surface area contributed by atoms with E-state index >= 15 is 0 Å². The van der Waals surface area contributed by atoms with Gasteiger partial charge in [-0.2, -0.15) is 0 Å². The van der Waals surface area contributed by atoms with Gasteiger partial charge in [0.1, 0.15) is 0 Å². The smallest absolute Gasteiger partial charge is 0.221 e. The lowest BCUT2D eigenvalue weighted by molar-refractivity contribution is -0.138. The summed E-state index contributed by atoms with van der Waals surface area (Å²) in [6, 6.07) is 0.456. The van der Waals surface area contributed by atoms with Crippen LogP contribution >= 0.6 is 0 Å². The van der Waals surface area contributed by atoms with Crippen LogP contribution < -0.4 is 10.6 Å². The number of ether oxygens (including phenoxy) is 2. The Morgan fingerprint density at radius 3 is 2.44 bits per heavy atom. The van der Waals surface area contributed by atoms with E-state index in [4.69, 9.17) is 9.47 Å². The maximum atomic E-state index is 11.4. The summed E-state index contributed by atoms with van der Waals surface area (Å²) < 4.78 is 10.9. The molecule has 0 radical (unpaired) electrons. The Kier molecular flexibility index (Phi) is 7.96. The predicted molar refractivity (Wildman–Crippen MR) is 70.3 cm³/mol. The van der Waals surface area contributed by atoms with Gasteiger partial charge in [0.2, 0.25) is 5.91 Å². The minimum Gasteiger partial charge on any atom is -0.353 e. The Balaban J connectivity index is 1.93. The summed E-state index contributed by atoms with van der Waals surface area (Å²) >= 11 is 0. The molecule has 0 spiro atoms. The third-order valence-electron chi connectivity index (χ3n) is 2.73. The van der Waals surface area contributed by atoms with Gasteiger partial charge in [-0.15, -0.1) is 0 Å². The summed E-state index contributed by atoms with van der Waals surface area (Å²) in [4.78, 5) is 11.4. The van der Waals surface area contributed by atoms with E-state index in [2.05, 4.69) is 10.6 Å². The highest BCUT2D eigenvalue weighted by Crippen LogP contribution is 2.18. The van der Waals surface area contributed by atoms with Gasteiger partial charge in [0.15, 0.2) is 6.29 Å². The quantitative estimate of drug-likeness (QED) is 0.429. The predicted octanol–water partition coefficient (Wildman–Crippen LogP) is 1.03. The molecule has 5 heteroatoms. The maximum absolute atomic E-state index is 11.4. The summed E-state index contributed by atoms with van der Waals surface area (Å²) in [5.41, 5.74) is 0. The number of carbonyl (C=O) groups is 1. The molecule has 18 heavy (non-hydrogen) atoms. The van der Waals surface area contributed by atoms with Gasteiger partial charge in [-0.3, -0.25) is 4.79 Å². The van der Waals surface area contributed by atoms with Gasteiger partial charge in [0.05, 0.1) is 0 Å². The van der Waals surface area contributed by atoms with Crippen molar-refractivity contribution in [1.29, 1.82) is 0 Å².